The van der Waals surface area contributed by atoms with Crippen molar-refractivity contribution in [1.82, 2.24) is 0 Å². The van der Waals surface area contributed by atoms with Gasteiger partial charge in [0.05, 0.1) is 0 Å². The fraction of sp³-hybridized carbons (Fsp3) is 0. The molecule has 0 bridgehead atoms. The molecule has 10 rings (SSSR count). The molecule has 9 aromatic rings. The smallest absolute Gasteiger partial charge is 0.136 e. The Bertz CT molecular complexity index is 2600. The monoisotopic (exact) mass is 550 g/mol. The Morgan fingerprint density at radius 3 is 1.91 bits per heavy atom. The Kier molecular flexibility index (Phi) is 4.45. The molecule has 0 saturated carbocycles. The SMILES string of the molecule is c1ccc2c(c1)Oc1ccc(-c3ccc4c(c3)oc3cc(-c5ccc6oc7ccccc7c6c5)ccc34)c3cccc-2c13. The topological polar surface area (TPSA) is 35.5 Å². The zero-order chi connectivity index (χ0) is 28.1. The summed E-state index contributed by atoms with van der Waals surface area (Å²) >= 11 is 0. The third kappa shape index (κ3) is 3.25. The van der Waals surface area contributed by atoms with Gasteiger partial charge < -0.3 is 13.6 Å². The van der Waals surface area contributed by atoms with E-state index in [2.05, 4.69) is 109 Å². The van der Waals surface area contributed by atoms with Crippen molar-refractivity contribution < 1.29 is 13.6 Å². The molecule has 0 atom stereocenters. The van der Waals surface area contributed by atoms with Crippen LogP contribution in [0.15, 0.2) is 142 Å². The lowest BCUT2D eigenvalue weighted by Gasteiger charge is -2.22. The first-order valence-electron chi connectivity index (χ1n) is 14.5. The van der Waals surface area contributed by atoms with Gasteiger partial charge in [-0.05, 0) is 87.8 Å². The van der Waals surface area contributed by atoms with E-state index in [9.17, 15) is 0 Å². The summed E-state index contributed by atoms with van der Waals surface area (Å²) in [5.41, 5.74) is 10.4. The third-order valence-corrected chi connectivity index (χ3v) is 8.89. The molecule has 1 aliphatic rings. The van der Waals surface area contributed by atoms with Gasteiger partial charge >= 0.3 is 0 Å². The van der Waals surface area contributed by atoms with Gasteiger partial charge in [-0.2, -0.15) is 0 Å². The van der Waals surface area contributed by atoms with E-state index in [1.165, 1.54) is 10.9 Å². The minimum absolute atomic E-state index is 0.878. The molecular formula is C40H22O3. The Balaban J connectivity index is 1.10. The highest BCUT2D eigenvalue weighted by Crippen LogP contribution is 2.48. The minimum atomic E-state index is 0.878. The summed E-state index contributed by atoms with van der Waals surface area (Å²) in [5, 5.41) is 6.80. The molecule has 0 unspecified atom stereocenters. The molecule has 0 fully saturated rings. The number of fused-ring (bicyclic) bond motifs is 8. The van der Waals surface area contributed by atoms with Crippen LogP contribution >= 0.6 is 0 Å². The molecule has 0 amide bonds. The molecule has 0 radical (unpaired) electrons. The van der Waals surface area contributed by atoms with Gasteiger partial charge in [-0.15, -0.1) is 0 Å². The first-order chi connectivity index (χ1) is 21.3. The van der Waals surface area contributed by atoms with Gasteiger partial charge in [0, 0.05) is 32.5 Å². The van der Waals surface area contributed by atoms with E-state index in [1.54, 1.807) is 0 Å². The van der Waals surface area contributed by atoms with E-state index in [0.717, 1.165) is 88.6 Å². The summed E-state index contributed by atoms with van der Waals surface area (Å²) in [6.07, 6.45) is 0. The number of benzene rings is 7. The van der Waals surface area contributed by atoms with Crippen LogP contribution in [0.4, 0.5) is 0 Å². The summed E-state index contributed by atoms with van der Waals surface area (Å²) in [4.78, 5) is 0. The number of para-hydroxylation sites is 2. The first-order valence-corrected chi connectivity index (χ1v) is 14.5. The molecule has 7 aromatic carbocycles. The highest BCUT2D eigenvalue weighted by atomic mass is 16.5. The molecule has 0 saturated heterocycles. The summed E-state index contributed by atoms with van der Waals surface area (Å²) in [6, 6.07) is 46.6. The van der Waals surface area contributed by atoms with Crippen LogP contribution in [0.3, 0.4) is 0 Å². The Hall–Kier alpha value is -5.80. The van der Waals surface area contributed by atoms with Gasteiger partial charge in [0.2, 0.25) is 0 Å². The molecule has 43 heavy (non-hydrogen) atoms. The van der Waals surface area contributed by atoms with Crippen LogP contribution in [0.1, 0.15) is 0 Å². The second-order valence-electron chi connectivity index (χ2n) is 11.3. The van der Waals surface area contributed by atoms with Gasteiger partial charge in [-0.1, -0.05) is 78.9 Å². The summed E-state index contributed by atoms with van der Waals surface area (Å²) < 4.78 is 18.9. The van der Waals surface area contributed by atoms with Gasteiger partial charge in [-0.3, -0.25) is 0 Å². The molecule has 200 valence electrons. The van der Waals surface area contributed by atoms with Crippen molar-refractivity contribution in [3.05, 3.63) is 133 Å². The van der Waals surface area contributed by atoms with Crippen LogP contribution in [0.5, 0.6) is 11.5 Å². The van der Waals surface area contributed by atoms with E-state index in [1.807, 2.05) is 24.3 Å². The summed E-state index contributed by atoms with van der Waals surface area (Å²) in [6.45, 7) is 0. The van der Waals surface area contributed by atoms with Gasteiger partial charge in [-0.25, -0.2) is 0 Å². The summed E-state index contributed by atoms with van der Waals surface area (Å²) in [5.74, 6) is 1.79. The maximum absolute atomic E-state index is 6.51. The molecule has 0 spiro atoms. The van der Waals surface area contributed by atoms with Crippen LogP contribution in [0.2, 0.25) is 0 Å². The minimum Gasteiger partial charge on any atom is -0.456 e. The molecule has 3 nitrogen and oxygen atoms in total. The lowest BCUT2D eigenvalue weighted by Crippen LogP contribution is -1.97. The lowest BCUT2D eigenvalue weighted by molar-refractivity contribution is 0.487. The first kappa shape index (κ1) is 22.8. The van der Waals surface area contributed by atoms with Crippen molar-refractivity contribution in [2.45, 2.75) is 0 Å². The van der Waals surface area contributed by atoms with Crippen molar-refractivity contribution in [2.24, 2.45) is 0 Å². The van der Waals surface area contributed by atoms with Gasteiger partial charge in [0.15, 0.2) is 0 Å². The predicted molar refractivity (Wildman–Crippen MR) is 175 cm³/mol. The van der Waals surface area contributed by atoms with E-state index >= 15 is 0 Å². The summed E-state index contributed by atoms with van der Waals surface area (Å²) in [7, 11) is 0. The maximum Gasteiger partial charge on any atom is 0.136 e. The number of hydrogen-bond acceptors (Lipinski definition) is 3. The number of furan rings is 2. The quantitative estimate of drug-likeness (QED) is 0.215. The third-order valence-electron chi connectivity index (χ3n) is 8.89. The molecule has 0 aliphatic carbocycles. The number of rotatable bonds is 2. The Morgan fingerprint density at radius 2 is 0.977 bits per heavy atom. The molecular weight excluding hydrogens is 528 g/mol. The highest BCUT2D eigenvalue weighted by Gasteiger charge is 2.21. The average Bonchev–Trinajstić information content (AvgIpc) is 3.62. The molecule has 1 aliphatic heterocycles. The maximum atomic E-state index is 6.51. The Morgan fingerprint density at radius 1 is 0.326 bits per heavy atom. The van der Waals surface area contributed by atoms with Crippen LogP contribution < -0.4 is 4.74 Å². The van der Waals surface area contributed by atoms with Gasteiger partial charge in [0.1, 0.15) is 33.8 Å². The molecule has 0 N–H and O–H groups in total. The van der Waals surface area contributed by atoms with Crippen LogP contribution in [-0.4, -0.2) is 0 Å². The van der Waals surface area contributed by atoms with E-state index in [0.29, 0.717) is 0 Å². The second-order valence-corrected chi connectivity index (χ2v) is 11.3. The number of ether oxygens (including phenoxy) is 1. The zero-order valence-corrected chi connectivity index (χ0v) is 22.9. The van der Waals surface area contributed by atoms with Gasteiger partial charge in [0.25, 0.3) is 0 Å². The van der Waals surface area contributed by atoms with Crippen molar-refractivity contribution >= 4 is 54.6 Å². The van der Waals surface area contributed by atoms with Crippen molar-refractivity contribution in [3.63, 3.8) is 0 Å². The number of hydrogen-bond donors (Lipinski definition) is 0. The molecule has 2 aromatic heterocycles. The van der Waals surface area contributed by atoms with E-state index in [4.69, 9.17) is 13.6 Å². The lowest BCUT2D eigenvalue weighted by atomic mass is 9.90. The highest BCUT2D eigenvalue weighted by molar-refractivity contribution is 6.12. The molecule has 3 heteroatoms. The fourth-order valence-electron chi connectivity index (χ4n) is 6.86. The standard InChI is InChI=1S/C40H22O3/c1-3-10-34-27(6-1)32-9-5-8-31-26(17-19-37(42-34)40(31)32)25-13-16-30-29-15-12-24(21-38(29)43-39(30)22-25)23-14-18-36-33(20-23)28-7-2-4-11-35(28)41-36/h1-22H. The normalized spacial score (nSPS) is 12.4. The zero-order valence-electron chi connectivity index (χ0n) is 22.9. The average molecular weight is 551 g/mol. The fourth-order valence-corrected chi connectivity index (χ4v) is 6.86. The van der Waals surface area contributed by atoms with Crippen LogP contribution in [0, 0.1) is 0 Å². The predicted octanol–water partition coefficient (Wildman–Crippen LogP) is 11.7. The van der Waals surface area contributed by atoms with Crippen molar-refractivity contribution in [1.29, 1.82) is 0 Å². The van der Waals surface area contributed by atoms with Crippen LogP contribution in [0.25, 0.3) is 88.0 Å². The van der Waals surface area contributed by atoms with E-state index in [-0.39, 0.29) is 0 Å². The Labute approximate surface area is 246 Å². The van der Waals surface area contributed by atoms with E-state index < -0.39 is 0 Å². The second kappa shape index (κ2) is 8.37. The van der Waals surface area contributed by atoms with Crippen molar-refractivity contribution in [2.75, 3.05) is 0 Å². The largest absolute Gasteiger partial charge is 0.456 e. The molecule has 3 heterocycles. The van der Waals surface area contributed by atoms with Crippen LogP contribution in [-0.2, 0) is 0 Å². The van der Waals surface area contributed by atoms with Crippen molar-refractivity contribution in [3.8, 4) is 44.9 Å².